The highest BCUT2D eigenvalue weighted by Gasteiger charge is 2.13. The molecule has 3 aromatic rings. The van der Waals surface area contributed by atoms with Gasteiger partial charge in [0.05, 0.1) is 12.2 Å². The molecule has 27 heavy (non-hydrogen) atoms. The van der Waals surface area contributed by atoms with Crippen molar-refractivity contribution in [1.29, 1.82) is 0 Å². The lowest BCUT2D eigenvalue weighted by Gasteiger charge is -2.12. The third-order valence-corrected chi connectivity index (χ3v) is 4.31. The number of carbonyl (C=O) groups excluding carboxylic acids is 1. The number of fused-ring (bicyclic) bond motifs is 1. The summed E-state index contributed by atoms with van der Waals surface area (Å²) in [5.74, 6) is 0.374. The van der Waals surface area contributed by atoms with Gasteiger partial charge in [0.1, 0.15) is 12.4 Å². The second-order valence-corrected chi connectivity index (χ2v) is 6.28. The first kappa shape index (κ1) is 19.0. The molecule has 0 aliphatic heterocycles. The maximum Gasteiger partial charge on any atom is 0.259 e. The smallest absolute Gasteiger partial charge is 0.259 e. The van der Waals surface area contributed by atoms with Crippen LogP contribution < -0.4 is 10.1 Å². The van der Waals surface area contributed by atoms with Crippen LogP contribution in [0.2, 0.25) is 0 Å². The fourth-order valence-corrected chi connectivity index (χ4v) is 3.05. The molecule has 1 heterocycles. The van der Waals surface area contributed by atoms with Gasteiger partial charge in [-0.1, -0.05) is 19.1 Å². The molecule has 0 radical (unpaired) electrons. The molecule has 1 amide bonds. The molecule has 0 fully saturated rings. The molecule has 0 unspecified atom stereocenters. The summed E-state index contributed by atoms with van der Waals surface area (Å²) >= 11 is 0. The number of hydrogen-bond donors (Lipinski definition) is 1. The van der Waals surface area contributed by atoms with Gasteiger partial charge in [-0.15, -0.1) is 0 Å². The molecule has 1 aromatic heterocycles. The summed E-state index contributed by atoms with van der Waals surface area (Å²) in [6.07, 6.45) is 3.17. The van der Waals surface area contributed by atoms with Gasteiger partial charge >= 0.3 is 0 Å². The summed E-state index contributed by atoms with van der Waals surface area (Å²) in [5.41, 5.74) is 2.46. The van der Waals surface area contributed by atoms with E-state index in [9.17, 15) is 4.79 Å². The van der Waals surface area contributed by atoms with Crippen LogP contribution in [-0.4, -0.2) is 30.3 Å². The van der Waals surface area contributed by atoms with Crippen LogP contribution in [0.15, 0.2) is 54.7 Å². The lowest BCUT2D eigenvalue weighted by atomic mass is 10.1. The summed E-state index contributed by atoms with van der Waals surface area (Å²) in [7, 11) is 0. The van der Waals surface area contributed by atoms with E-state index >= 15 is 0 Å². The van der Waals surface area contributed by atoms with E-state index in [2.05, 4.69) is 29.1 Å². The Morgan fingerprint density at radius 2 is 1.93 bits per heavy atom. The summed E-state index contributed by atoms with van der Waals surface area (Å²) in [6.45, 7) is 6.64. The zero-order valence-electron chi connectivity index (χ0n) is 15.9. The Labute approximate surface area is 159 Å². The number of hydrogen-bond acceptors (Lipinski definition) is 3. The molecule has 0 aliphatic rings. The van der Waals surface area contributed by atoms with E-state index in [0.717, 1.165) is 24.0 Å². The average Bonchev–Trinajstić information content (AvgIpc) is 3.08. The molecular weight excluding hydrogens is 340 g/mol. The Morgan fingerprint density at radius 3 is 2.74 bits per heavy atom. The SMILES string of the molecule is CCCn1ccc2cc(NC(=O)c3ccccc3OCCOCC)ccc21. The maximum atomic E-state index is 12.7. The van der Waals surface area contributed by atoms with Crippen LogP contribution in [0.1, 0.15) is 30.6 Å². The number of ether oxygens (including phenoxy) is 2. The molecule has 0 spiro atoms. The minimum atomic E-state index is -0.186. The molecule has 5 heteroatoms. The molecule has 0 bridgehead atoms. The molecule has 0 atom stereocenters. The summed E-state index contributed by atoms with van der Waals surface area (Å²) < 4.78 is 13.2. The highest BCUT2D eigenvalue weighted by atomic mass is 16.5. The fourth-order valence-electron chi connectivity index (χ4n) is 3.05. The topological polar surface area (TPSA) is 52.5 Å². The predicted molar refractivity (Wildman–Crippen MR) is 109 cm³/mol. The number of amides is 1. The lowest BCUT2D eigenvalue weighted by Crippen LogP contribution is -2.15. The van der Waals surface area contributed by atoms with E-state index in [1.54, 1.807) is 12.1 Å². The van der Waals surface area contributed by atoms with E-state index < -0.39 is 0 Å². The van der Waals surface area contributed by atoms with Crippen LogP contribution in [-0.2, 0) is 11.3 Å². The number of rotatable bonds is 9. The first-order valence-electron chi connectivity index (χ1n) is 9.42. The number of nitrogens with zero attached hydrogens (tertiary/aromatic N) is 1. The highest BCUT2D eigenvalue weighted by molar-refractivity contribution is 6.06. The number of nitrogens with one attached hydrogen (secondary N) is 1. The van der Waals surface area contributed by atoms with Crippen molar-refractivity contribution in [3.05, 3.63) is 60.3 Å². The third kappa shape index (κ3) is 4.68. The average molecular weight is 366 g/mol. The number of aromatic nitrogens is 1. The van der Waals surface area contributed by atoms with Gasteiger partial charge in [-0.3, -0.25) is 4.79 Å². The molecule has 1 N–H and O–H groups in total. The Bertz CT molecular complexity index is 901. The standard InChI is InChI=1S/C22H26N2O3/c1-3-12-24-13-11-17-16-18(9-10-20(17)24)23-22(25)19-7-5-6-8-21(19)27-15-14-26-4-2/h5-11,13,16H,3-4,12,14-15H2,1-2H3,(H,23,25). The molecule has 0 saturated heterocycles. The van der Waals surface area contributed by atoms with Crippen molar-refractivity contribution in [3.63, 3.8) is 0 Å². The van der Waals surface area contributed by atoms with Crippen molar-refractivity contribution in [2.45, 2.75) is 26.8 Å². The third-order valence-electron chi connectivity index (χ3n) is 4.31. The molecule has 142 valence electrons. The van der Waals surface area contributed by atoms with Crippen molar-refractivity contribution in [2.24, 2.45) is 0 Å². The number of anilines is 1. The van der Waals surface area contributed by atoms with Crippen LogP contribution in [0.5, 0.6) is 5.75 Å². The quantitative estimate of drug-likeness (QED) is 0.558. The molecular formula is C22H26N2O3. The van der Waals surface area contributed by atoms with Crippen molar-refractivity contribution >= 4 is 22.5 Å². The summed E-state index contributed by atoms with van der Waals surface area (Å²) in [5, 5.41) is 4.09. The van der Waals surface area contributed by atoms with Crippen molar-refractivity contribution < 1.29 is 14.3 Å². The Morgan fingerprint density at radius 1 is 1.07 bits per heavy atom. The van der Waals surface area contributed by atoms with Crippen LogP contribution in [0.25, 0.3) is 10.9 Å². The van der Waals surface area contributed by atoms with Gasteiger partial charge in [0.2, 0.25) is 0 Å². The second kappa shape index (κ2) is 9.24. The van der Waals surface area contributed by atoms with Gasteiger partial charge in [0.25, 0.3) is 5.91 Å². The van der Waals surface area contributed by atoms with Crippen molar-refractivity contribution in [1.82, 2.24) is 4.57 Å². The van der Waals surface area contributed by atoms with Gasteiger partial charge in [0.15, 0.2) is 0 Å². The molecule has 0 aliphatic carbocycles. The first-order valence-corrected chi connectivity index (χ1v) is 9.42. The molecule has 5 nitrogen and oxygen atoms in total. The van der Waals surface area contributed by atoms with Crippen molar-refractivity contribution in [2.75, 3.05) is 25.1 Å². The largest absolute Gasteiger partial charge is 0.490 e. The van der Waals surface area contributed by atoms with Gasteiger partial charge in [-0.05, 0) is 49.7 Å². The van der Waals surface area contributed by atoms with E-state index in [4.69, 9.17) is 9.47 Å². The van der Waals surface area contributed by atoms with Crippen LogP contribution in [0.3, 0.4) is 0 Å². The van der Waals surface area contributed by atoms with E-state index in [0.29, 0.717) is 31.1 Å². The van der Waals surface area contributed by atoms with Gasteiger partial charge < -0.3 is 19.4 Å². The summed E-state index contributed by atoms with van der Waals surface area (Å²) in [6, 6.07) is 15.3. The highest BCUT2D eigenvalue weighted by Crippen LogP contribution is 2.23. The lowest BCUT2D eigenvalue weighted by molar-refractivity contribution is 0.0998. The van der Waals surface area contributed by atoms with E-state index in [1.807, 2.05) is 37.3 Å². The Hall–Kier alpha value is -2.79. The predicted octanol–water partition coefficient (Wildman–Crippen LogP) is 4.72. The zero-order valence-corrected chi connectivity index (χ0v) is 15.9. The maximum absolute atomic E-state index is 12.7. The minimum Gasteiger partial charge on any atom is -0.490 e. The normalized spacial score (nSPS) is 10.9. The zero-order chi connectivity index (χ0) is 19.1. The van der Waals surface area contributed by atoms with E-state index in [-0.39, 0.29) is 5.91 Å². The van der Waals surface area contributed by atoms with Gasteiger partial charge in [-0.2, -0.15) is 0 Å². The minimum absolute atomic E-state index is 0.186. The molecule has 0 saturated carbocycles. The monoisotopic (exact) mass is 366 g/mol. The first-order chi connectivity index (χ1) is 13.2. The van der Waals surface area contributed by atoms with Gasteiger partial charge in [0, 0.05) is 35.9 Å². The van der Waals surface area contributed by atoms with E-state index in [1.165, 1.54) is 5.52 Å². The number of benzene rings is 2. The number of carbonyl (C=O) groups is 1. The van der Waals surface area contributed by atoms with Crippen LogP contribution >= 0.6 is 0 Å². The van der Waals surface area contributed by atoms with Crippen LogP contribution in [0, 0.1) is 0 Å². The van der Waals surface area contributed by atoms with Gasteiger partial charge in [-0.25, -0.2) is 0 Å². The number of para-hydroxylation sites is 1. The fraction of sp³-hybridized carbons (Fsp3) is 0.318. The molecule has 3 rings (SSSR count). The number of aryl methyl sites for hydroxylation is 1. The Kier molecular flexibility index (Phi) is 6.49. The van der Waals surface area contributed by atoms with Crippen LogP contribution in [0.4, 0.5) is 5.69 Å². The Balaban J connectivity index is 1.72. The van der Waals surface area contributed by atoms with Crippen molar-refractivity contribution in [3.8, 4) is 5.75 Å². The summed E-state index contributed by atoms with van der Waals surface area (Å²) in [4.78, 5) is 12.7. The molecule has 2 aromatic carbocycles. The second-order valence-electron chi connectivity index (χ2n) is 6.28.